The lowest BCUT2D eigenvalue weighted by Crippen LogP contribution is -1.98. The molecule has 0 radical (unpaired) electrons. The molecule has 1 aromatic carbocycles. The smallest absolute Gasteiger partial charge is 0.139 e. The number of halogens is 2. The van der Waals surface area contributed by atoms with Crippen LogP contribution in [0.4, 0.5) is 4.39 Å². The largest absolute Gasteiger partial charge is 0.487 e. The third-order valence-electron chi connectivity index (χ3n) is 2.46. The predicted molar refractivity (Wildman–Crippen MR) is 75.9 cm³/mol. The summed E-state index contributed by atoms with van der Waals surface area (Å²) >= 11 is 5.92. The molecule has 0 saturated heterocycles. The summed E-state index contributed by atoms with van der Waals surface area (Å²) in [6.07, 6.45) is 3.20. The van der Waals surface area contributed by atoms with Crippen molar-refractivity contribution in [1.29, 1.82) is 0 Å². The highest BCUT2D eigenvalue weighted by atomic mass is 35.5. The first kappa shape index (κ1) is 14.3. The van der Waals surface area contributed by atoms with Gasteiger partial charge in [0.2, 0.25) is 0 Å². The summed E-state index contributed by atoms with van der Waals surface area (Å²) < 4.78 is 18.5. The van der Waals surface area contributed by atoms with Gasteiger partial charge in [-0.25, -0.2) is 4.39 Å². The van der Waals surface area contributed by atoms with Crippen molar-refractivity contribution >= 4 is 11.6 Å². The summed E-state index contributed by atoms with van der Waals surface area (Å²) in [6.45, 7) is 0.519. The van der Waals surface area contributed by atoms with Gasteiger partial charge in [0, 0.05) is 17.3 Å². The maximum absolute atomic E-state index is 12.9. The van der Waals surface area contributed by atoms with E-state index in [1.165, 1.54) is 12.1 Å². The minimum atomic E-state index is -0.375. The summed E-state index contributed by atoms with van der Waals surface area (Å²) in [5.41, 5.74) is 6.73. The van der Waals surface area contributed by atoms with Gasteiger partial charge in [0.05, 0.1) is 17.8 Å². The third-order valence-corrected chi connectivity index (χ3v) is 2.81. The van der Waals surface area contributed by atoms with Crippen LogP contribution in [0.25, 0.3) is 0 Å². The van der Waals surface area contributed by atoms with Crippen LogP contribution in [0.2, 0.25) is 5.02 Å². The Balaban J connectivity index is 2.07. The van der Waals surface area contributed by atoms with E-state index in [1.807, 2.05) is 0 Å². The Morgan fingerprint density at radius 1 is 1.30 bits per heavy atom. The molecule has 2 N–H and O–H groups in total. The summed E-state index contributed by atoms with van der Waals surface area (Å²) in [4.78, 5) is 4.03. The molecule has 20 heavy (non-hydrogen) atoms. The molecule has 0 amide bonds. The Hall–Kier alpha value is -2.09. The molecule has 2 rings (SSSR count). The van der Waals surface area contributed by atoms with Gasteiger partial charge in [-0.1, -0.05) is 29.5 Å². The van der Waals surface area contributed by atoms with Gasteiger partial charge < -0.3 is 10.5 Å². The number of aromatic nitrogens is 1. The maximum Gasteiger partial charge on any atom is 0.139 e. The lowest BCUT2D eigenvalue weighted by atomic mass is 10.2. The molecule has 0 unspecified atom stereocenters. The second-order valence-electron chi connectivity index (χ2n) is 3.94. The fourth-order valence-corrected chi connectivity index (χ4v) is 1.74. The Bertz CT molecular complexity index is 664. The molecule has 1 heterocycles. The van der Waals surface area contributed by atoms with Crippen molar-refractivity contribution < 1.29 is 9.13 Å². The lowest BCUT2D eigenvalue weighted by molar-refractivity contribution is 0.305. The summed E-state index contributed by atoms with van der Waals surface area (Å²) in [5.74, 6) is 5.80. The van der Waals surface area contributed by atoms with Crippen LogP contribution >= 0.6 is 11.6 Å². The number of nitrogens with zero attached hydrogens (tertiary/aromatic N) is 1. The molecule has 0 aliphatic rings. The normalized spacial score (nSPS) is 9.75. The second kappa shape index (κ2) is 6.90. The van der Waals surface area contributed by atoms with Crippen molar-refractivity contribution in [3.8, 4) is 17.6 Å². The highest BCUT2D eigenvalue weighted by Gasteiger charge is 2.03. The minimum Gasteiger partial charge on any atom is -0.487 e. The number of hydrogen-bond donors (Lipinski definition) is 1. The summed E-state index contributed by atoms with van der Waals surface area (Å²) in [5, 5.41) is 0.331. The fourth-order valence-electron chi connectivity index (χ4n) is 1.52. The average molecular weight is 291 g/mol. The highest BCUT2D eigenvalue weighted by Crippen LogP contribution is 2.20. The molecule has 0 bridgehead atoms. The van der Waals surface area contributed by atoms with Gasteiger partial charge in [-0.15, -0.1) is 0 Å². The molecule has 5 heteroatoms. The van der Waals surface area contributed by atoms with Crippen molar-refractivity contribution in [2.45, 2.75) is 6.61 Å². The van der Waals surface area contributed by atoms with E-state index >= 15 is 0 Å². The van der Waals surface area contributed by atoms with E-state index in [0.717, 1.165) is 5.56 Å². The highest BCUT2D eigenvalue weighted by molar-refractivity contribution is 6.31. The molecule has 0 spiro atoms. The number of benzene rings is 1. The maximum atomic E-state index is 12.9. The number of pyridine rings is 1. The van der Waals surface area contributed by atoms with Crippen LogP contribution in [0.3, 0.4) is 0 Å². The Kier molecular flexibility index (Phi) is 4.94. The predicted octanol–water partition coefficient (Wildman–Crippen LogP) is 2.76. The standard InChI is InChI=1S/C15H12ClFN2O/c16-15-7-13(17)4-3-12(15)10-20-14-6-11(2-1-5-18)8-19-9-14/h3-4,6-9H,5,10,18H2. The molecular weight excluding hydrogens is 279 g/mol. The quantitative estimate of drug-likeness (QED) is 0.884. The monoisotopic (exact) mass is 290 g/mol. The fraction of sp³-hybridized carbons (Fsp3) is 0.133. The zero-order valence-corrected chi connectivity index (χ0v) is 11.3. The molecule has 1 aromatic heterocycles. The van der Waals surface area contributed by atoms with Gasteiger partial charge in [-0.05, 0) is 18.2 Å². The molecule has 3 nitrogen and oxygen atoms in total. The van der Waals surface area contributed by atoms with E-state index < -0.39 is 0 Å². The van der Waals surface area contributed by atoms with Gasteiger partial charge in [-0.2, -0.15) is 0 Å². The van der Waals surface area contributed by atoms with Crippen LogP contribution in [-0.2, 0) is 6.61 Å². The number of nitrogens with two attached hydrogens (primary N) is 1. The zero-order valence-electron chi connectivity index (χ0n) is 10.6. The lowest BCUT2D eigenvalue weighted by Gasteiger charge is -2.07. The van der Waals surface area contributed by atoms with Crippen LogP contribution in [0.1, 0.15) is 11.1 Å². The van der Waals surface area contributed by atoms with Crippen LogP contribution < -0.4 is 10.5 Å². The topological polar surface area (TPSA) is 48.1 Å². The Labute approximate surface area is 121 Å². The minimum absolute atomic E-state index is 0.231. The first-order valence-electron chi connectivity index (χ1n) is 5.90. The van der Waals surface area contributed by atoms with Crippen molar-refractivity contribution in [2.24, 2.45) is 5.73 Å². The van der Waals surface area contributed by atoms with Crippen molar-refractivity contribution in [2.75, 3.05) is 6.54 Å². The van der Waals surface area contributed by atoms with Gasteiger partial charge in [-0.3, -0.25) is 4.98 Å². The van der Waals surface area contributed by atoms with Crippen molar-refractivity contribution in [1.82, 2.24) is 4.98 Å². The molecule has 0 aliphatic heterocycles. The van der Waals surface area contributed by atoms with Gasteiger partial charge >= 0.3 is 0 Å². The van der Waals surface area contributed by atoms with Gasteiger partial charge in [0.15, 0.2) is 0 Å². The van der Waals surface area contributed by atoms with E-state index in [-0.39, 0.29) is 19.0 Å². The van der Waals surface area contributed by atoms with Crippen LogP contribution in [0, 0.1) is 17.7 Å². The van der Waals surface area contributed by atoms with Crippen molar-refractivity contribution in [3.05, 3.63) is 58.6 Å². The molecule has 0 saturated carbocycles. The van der Waals surface area contributed by atoms with Gasteiger partial charge in [0.25, 0.3) is 0 Å². The Morgan fingerprint density at radius 3 is 2.90 bits per heavy atom. The van der Waals surface area contributed by atoms with Crippen LogP contribution in [0.15, 0.2) is 36.7 Å². The van der Waals surface area contributed by atoms with Crippen LogP contribution in [0.5, 0.6) is 5.75 Å². The van der Waals surface area contributed by atoms with E-state index in [1.54, 1.807) is 24.5 Å². The molecule has 2 aromatic rings. The summed E-state index contributed by atoms with van der Waals surface area (Å²) in [7, 11) is 0. The molecular formula is C15H12ClFN2O. The van der Waals surface area contributed by atoms with E-state index in [2.05, 4.69) is 16.8 Å². The van der Waals surface area contributed by atoms with E-state index in [0.29, 0.717) is 16.3 Å². The number of ether oxygens (including phenoxy) is 1. The zero-order chi connectivity index (χ0) is 14.4. The van der Waals surface area contributed by atoms with Gasteiger partial charge in [0.1, 0.15) is 18.2 Å². The number of rotatable bonds is 3. The van der Waals surface area contributed by atoms with E-state index in [4.69, 9.17) is 22.1 Å². The third kappa shape index (κ3) is 3.95. The first-order valence-corrected chi connectivity index (χ1v) is 6.27. The van der Waals surface area contributed by atoms with Crippen LogP contribution in [-0.4, -0.2) is 11.5 Å². The first-order chi connectivity index (χ1) is 9.69. The Morgan fingerprint density at radius 2 is 2.15 bits per heavy atom. The number of hydrogen-bond acceptors (Lipinski definition) is 3. The molecule has 102 valence electrons. The molecule has 0 atom stereocenters. The summed E-state index contributed by atoms with van der Waals surface area (Å²) in [6, 6.07) is 5.93. The van der Waals surface area contributed by atoms with E-state index in [9.17, 15) is 4.39 Å². The molecule has 0 fully saturated rings. The van der Waals surface area contributed by atoms with Crippen molar-refractivity contribution in [3.63, 3.8) is 0 Å². The molecule has 0 aliphatic carbocycles. The average Bonchev–Trinajstić information content (AvgIpc) is 2.45. The SMILES string of the molecule is NCC#Cc1cncc(OCc2ccc(F)cc2Cl)c1. The second-order valence-corrected chi connectivity index (χ2v) is 4.35.